The van der Waals surface area contributed by atoms with E-state index in [0.29, 0.717) is 12.1 Å². The summed E-state index contributed by atoms with van der Waals surface area (Å²) in [6.07, 6.45) is -0.374. The van der Waals surface area contributed by atoms with Crippen molar-refractivity contribution in [2.75, 3.05) is 12.4 Å². The van der Waals surface area contributed by atoms with Gasteiger partial charge in [-0.1, -0.05) is 6.07 Å². The van der Waals surface area contributed by atoms with Crippen molar-refractivity contribution in [2.24, 2.45) is 0 Å². The predicted molar refractivity (Wildman–Crippen MR) is 81.2 cm³/mol. The number of halogens is 3. The molecule has 0 aliphatic carbocycles. The molecule has 3 rings (SSSR count). The molecule has 126 valence electrons. The number of alkyl halides is 3. The fourth-order valence-electron chi connectivity index (χ4n) is 3.49. The number of piperidine rings is 1. The minimum atomic E-state index is -4.42. The molecule has 2 heterocycles. The maximum atomic E-state index is 12.7. The molecule has 2 aliphatic rings. The molecule has 4 nitrogen and oxygen atoms in total. The van der Waals surface area contributed by atoms with Crippen LogP contribution in [0.4, 0.5) is 23.7 Å². The molecule has 2 unspecified atom stereocenters. The van der Waals surface area contributed by atoms with Gasteiger partial charge in [0.1, 0.15) is 0 Å². The first-order valence-electron chi connectivity index (χ1n) is 7.80. The van der Waals surface area contributed by atoms with Gasteiger partial charge in [0, 0.05) is 30.9 Å². The molecule has 1 aromatic rings. The number of nitrogens with one attached hydrogen (secondary N) is 2. The average molecular weight is 327 g/mol. The van der Waals surface area contributed by atoms with Gasteiger partial charge in [-0.2, -0.15) is 13.2 Å². The van der Waals surface area contributed by atoms with Crippen molar-refractivity contribution >= 4 is 11.7 Å². The lowest BCUT2D eigenvalue weighted by Crippen LogP contribution is -2.49. The summed E-state index contributed by atoms with van der Waals surface area (Å²) < 4.78 is 38.2. The molecule has 0 saturated carbocycles. The number of amides is 2. The van der Waals surface area contributed by atoms with Crippen LogP contribution in [0.2, 0.25) is 0 Å². The Balaban J connectivity index is 1.64. The van der Waals surface area contributed by atoms with E-state index >= 15 is 0 Å². The van der Waals surface area contributed by atoms with Crippen molar-refractivity contribution < 1.29 is 18.0 Å². The second-order valence-corrected chi connectivity index (χ2v) is 6.38. The van der Waals surface area contributed by atoms with Gasteiger partial charge >= 0.3 is 12.2 Å². The third-order valence-corrected chi connectivity index (χ3v) is 4.76. The summed E-state index contributed by atoms with van der Waals surface area (Å²) in [6, 6.07) is 5.36. The molecule has 1 aromatic carbocycles. The van der Waals surface area contributed by atoms with Crippen molar-refractivity contribution in [3.05, 3.63) is 29.8 Å². The Hall–Kier alpha value is -1.76. The second-order valence-electron chi connectivity index (χ2n) is 6.38. The van der Waals surface area contributed by atoms with Gasteiger partial charge in [0.05, 0.1) is 5.56 Å². The number of nitrogens with zero attached hydrogens (tertiary/aromatic N) is 1. The zero-order valence-corrected chi connectivity index (χ0v) is 12.9. The lowest BCUT2D eigenvalue weighted by Gasteiger charge is -2.35. The van der Waals surface area contributed by atoms with Crippen LogP contribution in [0.25, 0.3) is 0 Å². The quantitative estimate of drug-likeness (QED) is 0.874. The summed E-state index contributed by atoms with van der Waals surface area (Å²) in [5, 5.41) is 6.07. The maximum Gasteiger partial charge on any atom is 0.416 e. The number of carbonyl (C=O) groups excluding carboxylic acids is 1. The van der Waals surface area contributed by atoms with E-state index in [-0.39, 0.29) is 17.8 Å². The number of carbonyl (C=O) groups is 1. The molecule has 23 heavy (non-hydrogen) atoms. The summed E-state index contributed by atoms with van der Waals surface area (Å²) in [6.45, 7) is 0. The minimum Gasteiger partial charge on any atom is -0.324 e. The van der Waals surface area contributed by atoms with Crippen LogP contribution in [-0.4, -0.2) is 36.1 Å². The van der Waals surface area contributed by atoms with Crippen molar-refractivity contribution in [3.8, 4) is 0 Å². The summed E-state index contributed by atoms with van der Waals surface area (Å²) in [4.78, 5) is 13.9. The maximum absolute atomic E-state index is 12.7. The monoisotopic (exact) mass is 327 g/mol. The van der Waals surface area contributed by atoms with Gasteiger partial charge < -0.3 is 15.5 Å². The summed E-state index contributed by atoms with van der Waals surface area (Å²) in [5.41, 5.74) is -0.605. The van der Waals surface area contributed by atoms with E-state index in [0.717, 1.165) is 37.8 Å². The molecule has 7 heteroatoms. The van der Waals surface area contributed by atoms with Crippen molar-refractivity contribution in [3.63, 3.8) is 0 Å². The van der Waals surface area contributed by atoms with Crippen molar-refractivity contribution in [1.82, 2.24) is 10.2 Å². The molecule has 0 spiro atoms. The number of benzene rings is 1. The van der Waals surface area contributed by atoms with E-state index in [1.807, 2.05) is 0 Å². The largest absolute Gasteiger partial charge is 0.416 e. The Labute approximate surface area is 133 Å². The minimum absolute atomic E-state index is 0.125. The van der Waals surface area contributed by atoms with Crippen LogP contribution in [0, 0.1) is 0 Å². The number of urea groups is 1. The van der Waals surface area contributed by atoms with Crippen LogP contribution in [0.5, 0.6) is 0 Å². The lowest BCUT2D eigenvalue weighted by molar-refractivity contribution is -0.137. The van der Waals surface area contributed by atoms with Crippen LogP contribution in [0.15, 0.2) is 24.3 Å². The zero-order chi connectivity index (χ0) is 16.6. The fraction of sp³-hybridized carbons (Fsp3) is 0.562. The van der Waals surface area contributed by atoms with Gasteiger partial charge in [-0.05, 0) is 43.9 Å². The Morgan fingerprint density at radius 2 is 1.91 bits per heavy atom. The van der Waals surface area contributed by atoms with Gasteiger partial charge in [0.2, 0.25) is 0 Å². The predicted octanol–water partition coefficient (Wildman–Crippen LogP) is 3.45. The van der Waals surface area contributed by atoms with Gasteiger partial charge in [-0.15, -0.1) is 0 Å². The first-order chi connectivity index (χ1) is 10.8. The molecule has 2 atom stereocenters. The molecule has 2 fully saturated rings. The smallest absolute Gasteiger partial charge is 0.324 e. The van der Waals surface area contributed by atoms with E-state index < -0.39 is 11.7 Å². The molecule has 2 amide bonds. The van der Waals surface area contributed by atoms with Crippen LogP contribution in [-0.2, 0) is 6.18 Å². The number of hydrogen-bond acceptors (Lipinski definition) is 2. The molecule has 2 saturated heterocycles. The van der Waals surface area contributed by atoms with Crippen LogP contribution < -0.4 is 10.6 Å². The van der Waals surface area contributed by atoms with Gasteiger partial charge in [-0.3, -0.25) is 0 Å². The van der Waals surface area contributed by atoms with Gasteiger partial charge in [0.15, 0.2) is 0 Å². The lowest BCUT2D eigenvalue weighted by atomic mass is 9.99. The highest BCUT2D eigenvalue weighted by Gasteiger charge is 2.36. The van der Waals surface area contributed by atoms with Crippen molar-refractivity contribution in [1.29, 1.82) is 0 Å². The molecular weight excluding hydrogens is 307 g/mol. The van der Waals surface area contributed by atoms with E-state index in [2.05, 4.69) is 10.6 Å². The summed E-state index contributed by atoms with van der Waals surface area (Å²) in [7, 11) is 1.71. The topological polar surface area (TPSA) is 44.4 Å². The zero-order valence-electron chi connectivity index (χ0n) is 12.9. The fourth-order valence-corrected chi connectivity index (χ4v) is 3.49. The molecule has 0 aromatic heterocycles. The Morgan fingerprint density at radius 3 is 2.52 bits per heavy atom. The number of fused-ring (bicyclic) bond motifs is 2. The van der Waals surface area contributed by atoms with Crippen LogP contribution >= 0.6 is 0 Å². The van der Waals surface area contributed by atoms with Gasteiger partial charge in [-0.25, -0.2) is 4.79 Å². The number of hydrogen-bond donors (Lipinski definition) is 2. The van der Waals surface area contributed by atoms with Crippen molar-refractivity contribution in [2.45, 2.75) is 50.0 Å². The first-order valence-corrected chi connectivity index (χ1v) is 7.80. The molecule has 2 bridgehead atoms. The van der Waals surface area contributed by atoms with E-state index in [9.17, 15) is 18.0 Å². The Morgan fingerprint density at radius 1 is 1.26 bits per heavy atom. The number of rotatable bonds is 2. The third-order valence-electron chi connectivity index (χ3n) is 4.76. The van der Waals surface area contributed by atoms with Gasteiger partial charge in [0.25, 0.3) is 0 Å². The average Bonchev–Trinajstić information content (AvgIpc) is 2.84. The first kappa shape index (κ1) is 16.1. The van der Waals surface area contributed by atoms with Crippen LogP contribution in [0.3, 0.4) is 0 Å². The molecule has 2 aliphatic heterocycles. The molecular formula is C16H20F3N3O. The highest BCUT2D eigenvalue weighted by Crippen LogP contribution is 2.31. The van der Waals surface area contributed by atoms with E-state index in [4.69, 9.17) is 0 Å². The highest BCUT2D eigenvalue weighted by molar-refractivity contribution is 5.89. The third kappa shape index (κ3) is 3.60. The number of anilines is 1. The molecule has 2 N–H and O–H groups in total. The molecule has 0 radical (unpaired) electrons. The standard InChI is InChI=1S/C16H20F3N3O/c1-22(14-8-12-5-6-13(9-14)20-12)15(23)21-11-4-2-3-10(7-11)16(17,18)19/h2-4,7,12-14,20H,5-6,8-9H2,1H3,(H,21,23). The Kier molecular flexibility index (Phi) is 4.23. The summed E-state index contributed by atoms with van der Waals surface area (Å²) >= 11 is 0. The SMILES string of the molecule is CN(C(=O)Nc1cccc(C(F)(F)F)c1)C1CC2CCC(C1)N2. The van der Waals surface area contributed by atoms with Crippen LogP contribution in [0.1, 0.15) is 31.2 Å². The van der Waals surface area contributed by atoms with E-state index in [1.54, 1.807) is 11.9 Å². The van der Waals surface area contributed by atoms with E-state index in [1.165, 1.54) is 12.1 Å². The normalized spacial score (nSPS) is 26.9. The summed E-state index contributed by atoms with van der Waals surface area (Å²) in [5.74, 6) is 0. The Bertz CT molecular complexity index is 578. The second kappa shape index (κ2) is 6.03. The highest BCUT2D eigenvalue weighted by atomic mass is 19.4.